The summed E-state index contributed by atoms with van der Waals surface area (Å²) in [5, 5.41) is 21.0. The van der Waals surface area contributed by atoms with Gasteiger partial charge in [-0.1, -0.05) is 17.7 Å². The van der Waals surface area contributed by atoms with Gasteiger partial charge in [-0.2, -0.15) is 0 Å². The van der Waals surface area contributed by atoms with Crippen molar-refractivity contribution in [2.75, 3.05) is 5.32 Å². The van der Waals surface area contributed by atoms with Crippen LogP contribution < -0.4 is 5.32 Å². The van der Waals surface area contributed by atoms with Gasteiger partial charge in [0.25, 0.3) is 5.91 Å². The maximum Gasteiger partial charge on any atom is 0.335 e. The zero-order valence-corrected chi connectivity index (χ0v) is 10.8. The van der Waals surface area contributed by atoms with Crippen molar-refractivity contribution in [1.82, 2.24) is 4.98 Å². The third kappa shape index (κ3) is 3.04. The highest BCUT2D eigenvalue weighted by Gasteiger charge is 2.12. The Kier molecular flexibility index (Phi) is 3.86. The van der Waals surface area contributed by atoms with E-state index in [1.54, 1.807) is 6.07 Å². The maximum absolute atomic E-state index is 11.9. The quantitative estimate of drug-likeness (QED) is 0.596. The van der Waals surface area contributed by atoms with Gasteiger partial charge in [-0.25, -0.2) is 9.78 Å². The second-order valence-electron chi connectivity index (χ2n) is 3.84. The van der Waals surface area contributed by atoms with Crippen LogP contribution in [0.15, 0.2) is 36.4 Å². The average molecular weight is 293 g/mol. The molecule has 2 rings (SSSR count). The van der Waals surface area contributed by atoms with E-state index in [9.17, 15) is 14.7 Å². The van der Waals surface area contributed by atoms with Gasteiger partial charge in [0.15, 0.2) is 0 Å². The standard InChI is InChI=1S/C13H9ClN2O4/c14-11-3-1-2-9(15-11)12(18)16-8-5-4-7(13(19)20)6-10(8)17/h1-6,17H,(H,16,18)(H,19,20). The van der Waals surface area contributed by atoms with Crippen LogP contribution in [0.3, 0.4) is 0 Å². The molecule has 7 heteroatoms. The number of aromatic nitrogens is 1. The number of amides is 1. The van der Waals surface area contributed by atoms with E-state index >= 15 is 0 Å². The number of hydrogen-bond donors (Lipinski definition) is 3. The van der Waals surface area contributed by atoms with Gasteiger partial charge in [-0.05, 0) is 30.3 Å². The summed E-state index contributed by atoms with van der Waals surface area (Å²) in [6, 6.07) is 8.16. The van der Waals surface area contributed by atoms with E-state index in [4.69, 9.17) is 16.7 Å². The number of phenolic OH excluding ortho intramolecular Hbond substituents is 1. The number of carbonyl (C=O) groups is 2. The fourth-order valence-electron chi connectivity index (χ4n) is 1.49. The van der Waals surface area contributed by atoms with Crippen LogP contribution in [0.25, 0.3) is 0 Å². The maximum atomic E-state index is 11.9. The predicted octanol–water partition coefficient (Wildman–Crippen LogP) is 2.39. The first-order valence-corrected chi connectivity index (χ1v) is 5.85. The van der Waals surface area contributed by atoms with Gasteiger partial charge in [-0.15, -0.1) is 0 Å². The lowest BCUT2D eigenvalue weighted by Gasteiger charge is -2.07. The van der Waals surface area contributed by atoms with E-state index in [1.807, 2.05) is 0 Å². The molecule has 0 unspecified atom stereocenters. The molecule has 102 valence electrons. The van der Waals surface area contributed by atoms with Crippen LogP contribution >= 0.6 is 11.6 Å². The number of carboxylic acids is 1. The Balaban J connectivity index is 2.22. The minimum atomic E-state index is -1.17. The molecule has 1 amide bonds. The minimum Gasteiger partial charge on any atom is -0.506 e. The van der Waals surface area contributed by atoms with Crippen LogP contribution in [0.2, 0.25) is 5.15 Å². The van der Waals surface area contributed by atoms with Crippen LogP contribution in [0.4, 0.5) is 5.69 Å². The SMILES string of the molecule is O=C(O)c1ccc(NC(=O)c2cccc(Cl)n2)c(O)c1. The van der Waals surface area contributed by atoms with Crippen molar-refractivity contribution in [2.45, 2.75) is 0 Å². The molecule has 0 saturated carbocycles. The normalized spacial score (nSPS) is 10.1. The Morgan fingerprint density at radius 3 is 2.55 bits per heavy atom. The zero-order valence-electron chi connectivity index (χ0n) is 10.0. The average Bonchev–Trinajstić information content (AvgIpc) is 2.40. The van der Waals surface area contributed by atoms with Crippen LogP contribution in [0, 0.1) is 0 Å². The molecule has 1 aromatic heterocycles. The van der Waals surface area contributed by atoms with Crippen LogP contribution in [-0.4, -0.2) is 27.1 Å². The van der Waals surface area contributed by atoms with Crippen molar-refractivity contribution in [1.29, 1.82) is 0 Å². The lowest BCUT2D eigenvalue weighted by Crippen LogP contribution is -2.13. The molecule has 0 bridgehead atoms. The summed E-state index contributed by atoms with van der Waals surface area (Å²) >= 11 is 5.67. The van der Waals surface area contributed by atoms with E-state index < -0.39 is 11.9 Å². The van der Waals surface area contributed by atoms with E-state index in [0.29, 0.717) is 0 Å². The van der Waals surface area contributed by atoms with Gasteiger partial charge in [-0.3, -0.25) is 4.79 Å². The van der Waals surface area contributed by atoms with E-state index in [2.05, 4.69) is 10.3 Å². The number of anilines is 1. The number of hydrogen-bond acceptors (Lipinski definition) is 4. The predicted molar refractivity (Wildman–Crippen MR) is 72.3 cm³/mol. The summed E-state index contributed by atoms with van der Waals surface area (Å²) < 4.78 is 0. The molecule has 2 aromatic rings. The van der Waals surface area contributed by atoms with Crippen molar-refractivity contribution in [3.63, 3.8) is 0 Å². The molecule has 1 aromatic carbocycles. The van der Waals surface area contributed by atoms with Gasteiger partial charge in [0.1, 0.15) is 16.6 Å². The lowest BCUT2D eigenvalue weighted by atomic mass is 10.2. The Bertz CT molecular complexity index is 688. The number of rotatable bonds is 3. The first-order valence-electron chi connectivity index (χ1n) is 5.47. The molecule has 1 heterocycles. The number of nitrogens with zero attached hydrogens (tertiary/aromatic N) is 1. The molecule has 0 spiro atoms. The number of pyridine rings is 1. The topological polar surface area (TPSA) is 99.5 Å². The summed E-state index contributed by atoms with van der Waals surface area (Å²) in [7, 11) is 0. The van der Waals surface area contributed by atoms with Crippen LogP contribution in [-0.2, 0) is 0 Å². The zero-order chi connectivity index (χ0) is 14.7. The highest BCUT2D eigenvalue weighted by atomic mass is 35.5. The Morgan fingerprint density at radius 1 is 1.20 bits per heavy atom. The molecular weight excluding hydrogens is 284 g/mol. The Morgan fingerprint density at radius 2 is 1.95 bits per heavy atom. The highest BCUT2D eigenvalue weighted by Crippen LogP contribution is 2.24. The summed E-state index contributed by atoms with van der Waals surface area (Å²) in [5.41, 5.74) is 0.0855. The largest absolute Gasteiger partial charge is 0.506 e. The summed E-state index contributed by atoms with van der Waals surface area (Å²) in [6.45, 7) is 0. The number of carboxylic acid groups (broad SMARTS) is 1. The highest BCUT2D eigenvalue weighted by molar-refractivity contribution is 6.29. The van der Waals surface area contributed by atoms with Gasteiger partial charge < -0.3 is 15.5 Å². The second kappa shape index (κ2) is 5.58. The van der Waals surface area contributed by atoms with Crippen molar-refractivity contribution >= 4 is 29.2 Å². The van der Waals surface area contributed by atoms with Gasteiger partial charge in [0, 0.05) is 0 Å². The number of aromatic hydroxyl groups is 1. The number of phenols is 1. The molecule has 20 heavy (non-hydrogen) atoms. The van der Waals surface area contributed by atoms with Crippen molar-refractivity contribution in [2.24, 2.45) is 0 Å². The third-order valence-electron chi connectivity index (χ3n) is 2.44. The summed E-state index contributed by atoms with van der Waals surface area (Å²) in [4.78, 5) is 26.4. The van der Waals surface area contributed by atoms with E-state index in [-0.39, 0.29) is 27.8 Å². The molecule has 0 aliphatic carbocycles. The number of halogens is 1. The smallest absolute Gasteiger partial charge is 0.335 e. The number of benzene rings is 1. The van der Waals surface area contributed by atoms with Crippen LogP contribution in [0.5, 0.6) is 5.75 Å². The fraction of sp³-hybridized carbons (Fsp3) is 0. The summed E-state index contributed by atoms with van der Waals surface area (Å²) in [6.07, 6.45) is 0. The van der Waals surface area contributed by atoms with Crippen molar-refractivity contribution < 1.29 is 19.8 Å². The number of aromatic carboxylic acids is 1. The molecule has 0 radical (unpaired) electrons. The van der Waals surface area contributed by atoms with Crippen molar-refractivity contribution in [3.8, 4) is 5.75 Å². The number of carbonyl (C=O) groups excluding carboxylic acids is 1. The van der Waals surface area contributed by atoms with Crippen LogP contribution in [0.1, 0.15) is 20.8 Å². The molecule has 0 saturated heterocycles. The molecule has 0 atom stereocenters. The Labute approximate surface area is 118 Å². The monoisotopic (exact) mass is 292 g/mol. The second-order valence-corrected chi connectivity index (χ2v) is 4.22. The van der Waals surface area contributed by atoms with Crippen molar-refractivity contribution in [3.05, 3.63) is 52.8 Å². The van der Waals surface area contributed by atoms with E-state index in [0.717, 1.165) is 6.07 Å². The minimum absolute atomic E-state index is 0.0821. The fourth-order valence-corrected chi connectivity index (χ4v) is 1.66. The van der Waals surface area contributed by atoms with Gasteiger partial charge >= 0.3 is 5.97 Å². The molecule has 0 fully saturated rings. The molecular formula is C13H9ClN2O4. The summed E-state index contributed by atoms with van der Waals surface area (Å²) in [5.74, 6) is -2.08. The molecule has 6 nitrogen and oxygen atoms in total. The van der Waals surface area contributed by atoms with Gasteiger partial charge in [0.05, 0.1) is 11.3 Å². The molecule has 0 aliphatic rings. The Hall–Kier alpha value is -2.60. The molecule has 3 N–H and O–H groups in total. The van der Waals surface area contributed by atoms with E-state index in [1.165, 1.54) is 24.3 Å². The van der Waals surface area contributed by atoms with Gasteiger partial charge in [0.2, 0.25) is 0 Å². The molecule has 0 aliphatic heterocycles. The lowest BCUT2D eigenvalue weighted by molar-refractivity contribution is 0.0696. The first kappa shape index (κ1) is 13.8. The third-order valence-corrected chi connectivity index (χ3v) is 2.65. The number of nitrogens with one attached hydrogen (secondary N) is 1. The first-order chi connectivity index (χ1) is 9.47.